The number of hydrogen-bond acceptors (Lipinski definition) is 5. The molecule has 24 heavy (non-hydrogen) atoms. The Morgan fingerprint density at radius 3 is 2.75 bits per heavy atom. The summed E-state index contributed by atoms with van der Waals surface area (Å²) in [5.41, 5.74) is 0. The van der Waals surface area contributed by atoms with E-state index in [1.54, 1.807) is 11.1 Å². The minimum atomic E-state index is -2.99. The van der Waals surface area contributed by atoms with Gasteiger partial charge in [-0.15, -0.1) is 0 Å². The van der Waals surface area contributed by atoms with E-state index in [0.717, 1.165) is 5.16 Å². The molecule has 1 unspecified atom stereocenters. The van der Waals surface area contributed by atoms with Crippen LogP contribution in [0.4, 0.5) is 0 Å². The molecule has 0 aromatic carbocycles. The molecule has 134 valence electrons. The number of nitrogens with zero attached hydrogens (tertiary/aromatic N) is 3. The van der Waals surface area contributed by atoms with Crippen LogP contribution in [-0.2, 0) is 14.6 Å². The Morgan fingerprint density at radius 2 is 2.17 bits per heavy atom. The molecule has 1 aromatic rings. The molecule has 1 atom stereocenters. The molecule has 1 aliphatic carbocycles. The van der Waals surface area contributed by atoms with Crippen molar-refractivity contribution in [2.75, 3.05) is 23.8 Å². The van der Waals surface area contributed by atoms with Gasteiger partial charge in [-0.3, -0.25) is 4.79 Å². The first kappa shape index (κ1) is 17.8. The predicted molar refractivity (Wildman–Crippen MR) is 94.8 cm³/mol. The molecular formula is C16H25N3O3S2. The van der Waals surface area contributed by atoms with Crippen LogP contribution in [0.3, 0.4) is 0 Å². The minimum absolute atomic E-state index is 0.0150. The number of imidazole rings is 1. The van der Waals surface area contributed by atoms with Gasteiger partial charge in [-0.25, -0.2) is 13.4 Å². The molecule has 1 saturated heterocycles. The van der Waals surface area contributed by atoms with Crippen LogP contribution in [0, 0.1) is 5.92 Å². The second-order valence-electron chi connectivity index (χ2n) is 7.13. The van der Waals surface area contributed by atoms with E-state index in [4.69, 9.17) is 0 Å². The van der Waals surface area contributed by atoms with Crippen LogP contribution in [0.15, 0.2) is 17.6 Å². The highest BCUT2D eigenvalue weighted by molar-refractivity contribution is 7.99. The van der Waals surface area contributed by atoms with Crippen molar-refractivity contribution < 1.29 is 13.2 Å². The van der Waals surface area contributed by atoms with Crippen LogP contribution in [0.5, 0.6) is 0 Å². The van der Waals surface area contributed by atoms with Crippen molar-refractivity contribution in [2.24, 2.45) is 5.92 Å². The molecule has 8 heteroatoms. The monoisotopic (exact) mass is 371 g/mol. The number of rotatable bonds is 7. The Bertz CT molecular complexity index is 695. The predicted octanol–water partition coefficient (Wildman–Crippen LogP) is 1.98. The number of thioether (sulfide) groups is 1. The lowest BCUT2D eigenvalue weighted by Gasteiger charge is -2.30. The van der Waals surface area contributed by atoms with Gasteiger partial charge in [0.25, 0.3) is 0 Å². The van der Waals surface area contributed by atoms with Crippen molar-refractivity contribution in [3.8, 4) is 0 Å². The second-order valence-corrected chi connectivity index (χ2v) is 10.3. The molecule has 2 heterocycles. The summed E-state index contributed by atoms with van der Waals surface area (Å²) in [5, 5.41) is 0.884. The zero-order chi connectivity index (χ0) is 17.3. The van der Waals surface area contributed by atoms with E-state index in [9.17, 15) is 13.2 Å². The number of carbonyl (C=O) groups excluding carboxylic acids is 1. The Labute approximate surface area is 147 Å². The van der Waals surface area contributed by atoms with Gasteiger partial charge in [-0.1, -0.05) is 25.6 Å². The average Bonchev–Trinajstić information content (AvgIpc) is 3.13. The van der Waals surface area contributed by atoms with E-state index in [1.165, 1.54) is 24.6 Å². The fourth-order valence-electron chi connectivity index (χ4n) is 3.12. The van der Waals surface area contributed by atoms with Crippen molar-refractivity contribution in [1.29, 1.82) is 0 Å². The SMILES string of the molecule is CC(C)CN(C(=O)CSc1nccn1C1CC1)C1CCS(=O)(=O)C1. The van der Waals surface area contributed by atoms with Crippen LogP contribution in [0.25, 0.3) is 0 Å². The summed E-state index contributed by atoms with van der Waals surface area (Å²) in [6, 6.07) is 0.366. The molecule has 6 nitrogen and oxygen atoms in total. The van der Waals surface area contributed by atoms with Crippen LogP contribution >= 0.6 is 11.8 Å². The summed E-state index contributed by atoms with van der Waals surface area (Å²) in [6.45, 7) is 4.71. The maximum Gasteiger partial charge on any atom is 0.233 e. The molecule has 0 N–H and O–H groups in total. The third kappa shape index (κ3) is 4.33. The van der Waals surface area contributed by atoms with Crippen molar-refractivity contribution in [1.82, 2.24) is 14.5 Å². The third-order valence-electron chi connectivity index (χ3n) is 4.43. The fourth-order valence-corrected chi connectivity index (χ4v) is 5.76. The maximum absolute atomic E-state index is 12.7. The molecule has 2 aliphatic rings. The van der Waals surface area contributed by atoms with E-state index in [1.807, 2.05) is 6.20 Å². The lowest BCUT2D eigenvalue weighted by atomic mass is 10.1. The number of sulfone groups is 1. The highest BCUT2D eigenvalue weighted by Crippen LogP contribution is 2.37. The summed E-state index contributed by atoms with van der Waals surface area (Å²) in [5.74, 6) is 0.940. The van der Waals surface area contributed by atoms with Gasteiger partial charge in [0.15, 0.2) is 15.0 Å². The van der Waals surface area contributed by atoms with Crippen molar-refractivity contribution in [3.05, 3.63) is 12.4 Å². The summed E-state index contributed by atoms with van der Waals surface area (Å²) in [6.07, 6.45) is 6.66. The molecule has 1 aliphatic heterocycles. The van der Waals surface area contributed by atoms with Gasteiger partial charge in [0.05, 0.1) is 17.3 Å². The molecule has 2 fully saturated rings. The van der Waals surface area contributed by atoms with Crippen molar-refractivity contribution in [2.45, 2.75) is 50.4 Å². The molecule has 0 bridgehead atoms. The highest BCUT2D eigenvalue weighted by atomic mass is 32.2. The average molecular weight is 372 g/mol. The third-order valence-corrected chi connectivity index (χ3v) is 7.15. The van der Waals surface area contributed by atoms with Crippen molar-refractivity contribution in [3.63, 3.8) is 0 Å². The number of amides is 1. The lowest BCUT2D eigenvalue weighted by Crippen LogP contribution is -2.44. The number of carbonyl (C=O) groups is 1. The van der Waals surface area contributed by atoms with Gasteiger partial charge < -0.3 is 9.47 Å². The Morgan fingerprint density at radius 1 is 1.42 bits per heavy atom. The number of aromatic nitrogens is 2. The molecule has 1 saturated carbocycles. The van der Waals surface area contributed by atoms with Gasteiger partial charge >= 0.3 is 0 Å². The largest absolute Gasteiger partial charge is 0.338 e. The van der Waals surface area contributed by atoms with Crippen LogP contribution in [-0.4, -0.2) is 58.6 Å². The molecule has 1 aromatic heterocycles. The van der Waals surface area contributed by atoms with Gasteiger partial charge in [-0.2, -0.15) is 0 Å². The van der Waals surface area contributed by atoms with Gasteiger partial charge in [-0.05, 0) is 25.2 Å². The van der Waals surface area contributed by atoms with E-state index in [-0.39, 0.29) is 23.5 Å². The zero-order valence-corrected chi connectivity index (χ0v) is 15.9. The Kier molecular flexibility index (Phi) is 5.24. The summed E-state index contributed by atoms with van der Waals surface area (Å²) in [7, 11) is -2.99. The molecule has 0 radical (unpaired) electrons. The molecule has 3 rings (SSSR count). The first-order chi connectivity index (χ1) is 11.4. The second kappa shape index (κ2) is 7.07. The summed E-state index contributed by atoms with van der Waals surface area (Å²) >= 11 is 1.46. The molecular weight excluding hydrogens is 346 g/mol. The Hall–Kier alpha value is -1.02. The first-order valence-electron chi connectivity index (χ1n) is 8.51. The molecule has 1 amide bonds. The smallest absolute Gasteiger partial charge is 0.233 e. The van der Waals surface area contributed by atoms with Crippen LogP contribution in [0.1, 0.15) is 39.2 Å². The van der Waals surface area contributed by atoms with Crippen LogP contribution in [0.2, 0.25) is 0 Å². The first-order valence-corrected chi connectivity index (χ1v) is 11.3. The normalized spacial score (nSPS) is 22.9. The number of hydrogen-bond donors (Lipinski definition) is 0. The van der Waals surface area contributed by atoms with E-state index >= 15 is 0 Å². The van der Waals surface area contributed by atoms with Crippen LogP contribution < -0.4 is 0 Å². The van der Waals surface area contributed by atoms with E-state index < -0.39 is 9.84 Å². The van der Waals surface area contributed by atoms with Crippen molar-refractivity contribution >= 4 is 27.5 Å². The summed E-state index contributed by atoms with van der Waals surface area (Å²) in [4.78, 5) is 18.9. The van der Waals surface area contributed by atoms with E-state index in [2.05, 4.69) is 23.4 Å². The van der Waals surface area contributed by atoms with Gasteiger partial charge in [0.2, 0.25) is 5.91 Å². The summed E-state index contributed by atoms with van der Waals surface area (Å²) < 4.78 is 25.7. The quantitative estimate of drug-likeness (QED) is 0.685. The standard InChI is InChI=1S/C16H25N3O3S2/c1-12(2)9-19(14-5-8-24(21,22)11-14)15(20)10-23-16-17-6-7-18(16)13-3-4-13/h6-7,12-14H,3-5,8-11H2,1-2H3. The van der Waals surface area contributed by atoms with Gasteiger partial charge in [0, 0.05) is 31.0 Å². The van der Waals surface area contributed by atoms with E-state index in [0.29, 0.717) is 30.7 Å². The zero-order valence-electron chi connectivity index (χ0n) is 14.2. The highest BCUT2D eigenvalue weighted by Gasteiger charge is 2.35. The molecule has 0 spiro atoms. The Balaban J connectivity index is 1.63. The fraction of sp³-hybridized carbons (Fsp3) is 0.750. The minimum Gasteiger partial charge on any atom is -0.338 e. The maximum atomic E-state index is 12.7. The lowest BCUT2D eigenvalue weighted by molar-refractivity contribution is -0.130. The topological polar surface area (TPSA) is 72.3 Å². The van der Waals surface area contributed by atoms with Gasteiger partial charge in [0.1, 0.15) is 0 Å².